The zero-order valence-corrected chi connectivity index (χ0v) is 19.8. The lowest BCUT2D eigenvalue weighted by Gasteiger charge is -2.50. The number of nitrogens with zero attached hydrogens (tertiary/aromatic N) is 4. The van der Waals surface area contributed by atoms with Crippen molar-refractivity contribution in [2.75, 3.05) is 38.6 Å². The molecule has 1 unspecified atom stereocenters. The Morgan fingerprint density at radius 1 is 1.16 bits per heavy atom. The van der Waals surface area contributed by atoms with Gasteiger partial charge >= 0.3 is 0 Å². The Bertz CT molecular complexity index is 944. The summed E-state index contributed by atoms with van der Waals surface area (Å²) in [5.41, 5.74) is 4.58. The maximum atomic E-state index is 12.7. The van der Waals surface area contributed by atoms with Crippen molar-refractivity contribution in [3.05, 3.63) is 47.3 Å². The van der Waals surface area contributed by atoms with Crippen LogP contribution >= 0.6 is 0 Å². The number of hydrogen-bond donors (Lipinski definition) is 1. The minimum Gasteiger partial charge on any atom is -0.378 e. The monoisotopic (exact) mass is 435 g/mol. The Hall–Kier alpha value is -2.34. The zero-order valence-electron chi connectivity index (χ0n) is 19.8. The molecule has 172 valence electrons. The predicted molar refractivity (Wildman–Crippen MR) is 128 cm³/mol. The van der Waals surface area contributed by atoms with E-state index < -0.39 is 0 Å². The van der Waals surface area contributed by atoms with E-state index in [9.17, 15) is 4.79 Å². The highest BCUT2D eigenvalue weighted by Crippen LogP contribution is 2.43. The van der Waals surface area contributed by atoms with Crippen molar-refractivity contribution in [3.8, 4) is 0 Å². The fraction of sp³-hybridized carbons (Fsp3) is 0.615. The molecule has 1 aromatic heterocycles. The Morgan fingerprint density at radius 3 is 2.56 bits per heavy atom. The van der Waals surface area contributed by atoms with Crippen molar-refractivity contribution in [1.29, 1.82) is 0 Å². The number of aromatic nitrogens is 2. The van der Waals surface area contributed by atoms with Gasteiger partial charge in [-0.1, -0.05) is 12.8 Å². The number of anilines is 1. The van der Waals surface area contributed by atoms with Gasteiger partial charge in [0, 0.05) is 69.1 Å². The molecule has 1 aromatic carbocycles. The van der Waals surface area contributed by atoms with Gasteiger partial charge in [0.2, 0.25) is 0 Å². The van der Waals surface area contributed by atoms with Crippen molar-refractivity contribution in [2.24, 2.45) is 13.0 Å². The fourth-order valence-electron chi connectivity index (χ4n) is 6.18. The van der Waals surface area contributed by atoms with E-state index in [2.05, 4.69) is 28.0 Å². The van der Waals surface area contributed by atoms with E-state index in [1.54, 1.807) is 0 Å². The molecule has 4 fully saturated rings. The summed E-state index contributed by atoms with van der Waals surface area (Å²) in [7, 11) is 6.15. The Balaban J connectivity index is 1.20. The number of aryl methyl sites for hydroxylation is 1. The molecular weight excluding hydrogens is 398 g/mol. The first-order valence-corrected chi connectivity index (χ1v) is 12.3. The molecule has 2 aromatic rings. The number of carbonyl (C=O) groups is 1. The molecule has 1 amide bonds. The molecule has 1 N–H and O–H groups in total. The number of benzene rings is 1. The Kier molecular flexibility index (Phi) is 5.97. The molecule has 6 nitrogen and oxygen atoms in total. The molecule has 4 atom stereocenters. The minimum absolute atomic E-state index is 0.0299. The van der Waals surface area contributed by atoms with E-state index in [1.165, 1.54) is 43.5 Å². The summed E-state index contributed by atoms with van der Waals surface area (Å²) in [6.45, 7) is 2.97. The second-order valence-corrected chi connectivity index (χ2v) is 10.3. The molecule has 3 aliphatic heterocycles. The quantitative estimate of drug-likeness (QED) is 0.751. The second kappa shape index (κ2) is 8.89. The van der Waals surface area contributed by atoms with Crippen molar-refractivity contribution < 1.29 is 4.79 Å². The molecule has 4 heterocycles. The number of rotatable bonds is 6. The van der Waals surface area contributed by atoms with Crippen LogP contribution in [0.25, 0.3) is 0 Å². The molecule has 0 spiro atoms. The molecule has 6 rings (SSSR count). The van der Waals surface area contributed by atoms with Crippen LogP contribution in [0.5, 0.6) is 0 Å². The lowest BCUT2D eigenvalue weighted by Crippen LogP contribution is -2.56. The van der Waals surface area contributed by atoms with Crippen LogP contribution in [-0.4, -0.2) is 60.4 Å². The Labute approximate surface area is 192 Å². The van der Waals surface area contributed by atoms with Gasteiger partial charge in [-0.3, -0.25) is 14.4 Å². The average Bonchev–Trinajstić information content (AvgIpc) is 3.48. The van der Waals surface area contributed by atoms with Crippen LogP contribution in [0.1, 0.15) is 72.1 Å². The minimum atomic E-state index is 0.0299. The number of piperidine rings is 3. The van der Waals surface area contributed by atoms with Gasteiger partial charge in [0.1, 0.15) is 0 Å². The van der Waals surface area contributed by atoms with Crippen LogP contribution in [0, 0.1) is 5.92 Å². The highest BCUT2D eigenvalue weighted by molar-refractivity contribution is 5.94. The first kappa shape index (κ1) is 21.5. The number of hydrogen-bond acceptors (Lipinski definition) is 4. The molecule has 6 heteroatoms. The number of carbonyl (C=O) groups excluding carboxylic acids is 1. The van der Waals surface area contributed by atoms with Gasteiger partial charge in [-0.25, -0.2) is 0 Å². The maximum Gasteiger partial charge on any atom is 0.251 e. The van der Waals surface area contributed by atoms with E-state index in [0.717, 1.165) is 37.3 Å². The standard InChI is InChI=1S/C26H37N5O/c1-29(2)21-10-8-19(9-11-21)26(32)27-16-22-14-20-12-13-31(22)17-23(20)25-15-24(28-30(25)3)18-6-4-5-7-18/h8-11,15,18,20,22-23H,4-7,12-14,16-17H2,1-3H3,(H,27,32)/t20-,22+,23+/m0/s1. The van der Waals surface area contributed by atoms with Gasteiger partial charge in [-0.2, -0.15) is 5.10 Å². The highest BCUT2D eigenvalue weighted by Gasteiger charge is 2.42. The summed E-state index contributed by atoms with van der Waals surface area (Å²) >= 11 is 0. The molecular formula is C26H37N5O. The summed E-state index contributed by atoms with van der Waals surface area (Å²) in [4.78, 5) is 17.3. The topological polar surface area (TPSA) is 53.4 Å². The summed E-state index contributed by atoms with van der Waals surface area (Å²) < 4.78 is 2.16. The van der Waals surface area contributed by atoms with Crippen LogP contribution in [0.4, 0.5) is 5.69 Å². The first-order chi connectivity index (χ1) is 15.5. The summed E-state index contributed by atoms with van der Waals surface area (Å²) in [5.74, 6) is 1.96. The lowest BCUT2D eigenvalue weighted by molar-refractivity contribution is 0.0280. The van der Waals surface area contributed by atoms with E-state index in [-0.39, 0.29) is 5.91 Å². The first-order valence-electron chi connectivity index (χ1n) is 12.3. The van der Waals surface area contributed by atoms with Crippen LogP contribution in [-0.2, 0) is 7.05 Å². The molecule has 32 heavy (non-hydrogen) atoms. The third-order valence-electron chi connectivity index (χ3n) is 8.11. The van der Waals surface area contributed by atoms with Gasteiger partial charge in [0.05, 0.1) is 5.69 Å². The van der Waals surface area contributed by atoms with Gasteiger partial charge in [-0.15, -0.1) is 0 Å². The highest BCUT2D eigenvalue weighted by atomic mass is 16.1. The molecule has 3 saturated heterocycles. The summed E-state index contributed by atoms with van der Waals surface area (Å²) in [5, 5.41) is 8.12. The molecule has 4 aliphatic rings. The smallest absolute Gasteiger partial charge is 0.251 e. The number of nitrogens with one attached hydrogen (secondary N) is 1. The van der Waals surface area contributed by atoms with Crippen LogP contribution in [0.2, 0.25) is 0 Å². The van der Waals surface area contributed by atoms with Crippen LogP contribution in [0.3, 0.4) is 0 Å². The van der Waals surface area contributed by atoms with Gasteiger partial charge in [-0.05, 0) is 68.5 Å². The summed E-state index contributed by atoms with van der Waals surface area (Å²) in [6.07, 6.45) is 7.72. The van der Waals surface area contributed by atoms with E-state index in [1.807, 2.05) is 43.3 Å². The maximum absolute atomic E-state index is 12.7. The predicted octanol–water partition coefficient (Wildman–Crippen LogP) is 3.75. The van der Waals surface area contributed by atoms with Crippen LogP contribution < -0.4 is 10.2 Å². The van der Waals surface area contributed by atoms with Crippen molar-refractivity contribution in [1.82, 2.24) is 20.0 Å². The van der Waals surface area contributed by atoms with E-state index in [0.29, 0.717) is 23.8 Å². The van der Waals surface area contributed by atoms with Gasteiger partial charge < -0.3 is 10.2 Å². The third-order valence-corrected chi connectivity index (χ3v) is 8.11. The summed E-state index contributed by atoms with van der Waals surface area (Å²) in [6, 6.07) is 10.7. The van der Waals surface area contributed by atoms with Crippen molar-refractivity contribution >= 4 is 11.6 Å². The third kappa shape index (κ3) is 4.17. The fourth-order valence-corrected chi connectivity index (χ4v) is 6.18. The van der Waals surface area contributed by atoms with Gasteiger partial charge in [0.15, 0.2) is 0 Å². The van der Waals surface area contributed by atoms with Crippen molar-refractivity contribution in [3.63, 3.8) is 0 Å². The number of fused-ring (bicyclic) bond motifs is 3. The molecule has 2 bridgehead atoms. The molecule has 0 radical (unpaired) electrons. The van der Waals surface area contributed by atoms with Crippen LogP contribution in [0.15, 0.2) is 30.3 Å². The van der Waals surface area contributed by atoms with Gasteiger partial charge in [0.25, 0.3) is 5.91 Å². The lowest BCUT2D eigenvalue weighted by atomic mass is 9.74. The van der Waals surface area contributed by atoms with Crippen molar-refractivity contribution in [2.45, 2.75) is 56.4 Å². The SMILES string of the molecule is CN(C)c1ccc(C(=O)NC[C@H]2C[C@@H]3CCN2C[C@H]3c2cc(C3CCCC3)nn2C)cc1. The normalized spacial score (nSPS) is 27.6. The van der Waals surface area contributed by atoms with E-state index in [4.69, 9.17) is 5.10 Å². The largest absolute Gasteiger partial charge is 0.378 e. The zero-order chi connectivity index (χ0) is 22.2. The molecule has 1 aliphatic carbocycles. The van der Waals surface area contributed by atoms with E-state index >= 15 is 0 Å². The Morgan fingerprint density at radius 2 is 1.91 bits per heavy atom. The number of amides is 1. The second-order valence-electron chi connectivity index (χ2n) is 10.3. The average molecular weight is 436 g/mol. The molecule has 1 saturated carbocycles.